The summed E-state index contributed by atoms with van der Waals surface area (Å²) < 4.78 is 16.9. The lowest BCUT2D eigenvalue weighted by Crippen LogP contribution is -2.62. The van der Waals surface area contributed by atoms with E-state index >= 15 is 0 Å². The lowest BCUT2D eigenvalue weighted by atomic mass is 9.34. The van der Waals surface area contributed by atoms with Gasteiger partial charge in [0.1, 0.15) is 5.75 Å². The molecule has 52 heavy (non-hydrogen) atoms. The van der Waals surface area contributed by atoms with Gasteiger partial charge in [0.2, 0.25) is 5.78 Å². The van der Waals surface area contributed by atoms with E-state index in [9.17, 15) is 14.4 Å². The molecule has 1 amide bonds. The second-order valence-corrected chi connectivity index (χ2v) is 17.4. The number of carbonyl (C=O) groups is 3. The minimum Gasteiger partial charge on any atom is -0.497 e. The third kappa shape index (κ3) is 5.44. The summed E-state index contributed by atoms with van der Waals surface area (Å²) in [6.07, 6.45) is 17.8. The Morgan fingerprint density at radius 3 is 2.40 bits per heavy atom. The molecule has 276 valence electrons. The van der Waals surface area contributed by atoms with Crippen molar-refractivity contribution in [3.05, 3.63) is 70.5 Å². The van der Waals surface area contributed by atoms with Crippen LogP contribution in [0, 0.1) is 45.3 Å². The quantitative estimate of drug-likeness (QED) is 0.226. The van der Waals surface area contributed by atoms with Gasteiger partial charge in [-0.15, -0.1) is 6.42 Å². The van der Waals surface area contributed by atoms with E-state index in [4.69, 9.17) is 20.6 Å². The molecule has 0 N–H and O–H groups in total. The van der Waals surface area contributed by atoms with Crippen LogP contribution in [0.15, 0.2) is 70.5 Å². The summed E-state index contributed by atoms with van der Waals surface area (Å²) in [5, 5.41) is 0. The van der Waals surface area contributed by atoms with Gasteiger partial charge < -0.3 is 24.0 Å². The molecule has 6 atom stereocenters. The van der Waals surface area contributed by atoms with E-state index in [0.717, 1.165) is 67.5 Å². The van der Waals surface area contributed by atoms with Crippen LogP contribution in [0.5, 0.6) is 5.75 Å². The van der Waals surface area contributed by atoms with Crippen LogP contribution in [0.25, 0.3) is 0 Å². The maximum Gasteiger partial charge on any atom is 0.415 e. The lowest BCUT2D eigenvalue weighted by molar-refractivity contribution is -0.181. The summed E-state index contributed by atoms with van der Waals surface area (Å²) in [5.74, 6) is 3.28. The van der Waals surface area contributed by atoms with Crippen LogP contribution in [-0.2, 0) is 19.1 Å². The van der Waals surface area contributed by atoms with E-state index in [0.29, 0.717) is 37.7 Å². The van der Waals surface area contributed by atoms with E-state index in [1.165, 1.54) is 5.57 Å². The maximum atomic E-state index is 13.9. The van der Waals surface area contributed by atoms with Gasteiger partial charge in [0, 0.05) is 48.9 Å². The van der Waals surface area contributed by atoms with Crippen LogP contribution in [0.1, 0.15) is 86.5 Å². The van der Waals surface area contributed by atoms with Crippen molar-refractivity contribution < 1.29 is 28.6 Å². The number of hydrogen-bond acceptors (Lipinski definition) is 7. The van der Waals surface area contributed by atoms with E-state index in [2.05, 4.69) is 57.6 Å². The number of piperazine rings is 1. The van der Waals surface area contributed by atoms with Crippen molar-refractivity contribution in [2.24, 2.45) is 33.0 Å². The van der Waals surface area contributed by atoms with Crippen LogP contribution in [0.4, 0.5) is 10.5 Å². The molecule has 1 aromatic rings. The molecule has 4 fully saturated rings. The van der Waals surface area contributed by atoms with Crippen LogP contribution in [0.3, 0.4) is 0 Å². The number of terminal acetylenes is 1. The van der Waals surface area contributed by atoms with Crippen LogP contribution >= 0.6 is 0 Å². The topological polar surface area (TPSA) is 85.4 Å². The molecule has 6 aliphatic rings. The van der Waals surface area contributed by atoms with E-state index < -0.39 is 11.5 Å². The molecular weight excluding hydrogens is 652 g/mol. The van der Waals surface area contributed by atoms with Crippen molar-refractivity contribution in [2.75, 3.05) is 44.8 Å². The molecule has 1 aliphatic heterocycles. The Labute approximate surface area is 309 Å². The number of amides is 1. The van der Waals surface area contributed by atoms with Gasteiger partial charge in [0.25, 0.3) is 0 Å². The fourth-order valence-electron chi connectivity index (χ4n) is 11.1. The fraction of sp³-hybridized carbons (Fsp3) is 0.568. The number of carbonyl (C=O) groups excluding carboxylic acids is 3. The van der Waals surface area contributed by atoms with Crippen LogP contribution in [-0.4, -0.2) is 62.6 Å². The van der Waals surface area contributed by atoms with Gasteiger partial charge in [0.05, 0.1) is 12.5 Å². The number of anilines is 1. The van der Waals surface area contributed by atoms with Crippen molar-refractivity contribution in [1.29, 1.82) is 0 Å². The van der Waals surface area contributed by atoms with Gasteiger partial charge in [-0.05, 0) is 110 Å². The second kappa shape index (κ2) is 12.7. The number of esters is 1. The van der Waals surface area contributed by atoms with Crippen molar-refractivity contribution >= 4 is 23.5 Å². The molecule has 0 aromatic heterocycles. The Balaban J connectivity index is 1.12. The van der Waals surface area contributed by atoms with Crippen molar-refractivity contribution in [3.63, 3.8) is 0 Å². The number of methoxy groups -OCH3 is 1. The Bertz CT molecular complexity index is 1870. The van der Waals surface area contributed by atoms with E-state index in [1.807, 2.05) is 31.2 Å². The SMILES string of the molecule is C#CCOC(=O)[C@]1(C)CC[C@]2(C)CC[C@]3(C)C4=CC=C5C(=CC(=O)C(OC(=O)N6CCN(c7cccc(OC)c7)CC6)=C5C)[C@]4(C)CC[C@@]3(C)[C@@H]2C1. The third-order valence-electron chi connectivity index (χ3n) is 14.8. The number of fused-ring (bicyclic) bond motifs is 7. The standard InChI is InChI=1S/C44H54N2O6/c1-9-25-51-38(48)41(4)16-15-40(3)17-19-43(6)35-14-13-32-29(2)37(34(47)27-33(32)42(35,5)18-20-44(43,7)36(40)28-41)52-39(49)46-23-21-45(22-24-46)30-11-10-12-31(26-30)50-8/h1,10-14,26-27,36H,15-25,28H2,2-8H3/t36-,40-,41-,42+,43-,44+/m1/s1. The predicted molar refractivity (Wildman–Crippen MR) is 201 cm³/mol. The van der Waals surface area contributed by atoms with Gasteiger partial charge in [-0.25, -0.2) is 4.79 Å². The summed E-state index contributed by atoms with van der Waals surface area (Å²) in [7, 11) is 1.65. The average molecular weight is 707 g/mol. The summed E-state index contributed by atoms with van der Waals surface area (Å²) in [5.41, 5.74) is 4.22. The summed E-state index contributed by atoms with van der Waals surface area (Å²) >= 11 is 0. The van der Waals surface area contributed by atoms with Gasteiger partial charge in [-0.3, -0.25) is 9.59 Å². The van der Waals surface area contributed by atoms with Gasteiger partial charge >= 0.3 is 12.1 Å². The van der Waals surface area contributed by atoms with Crippen molar-refractivity contribution in [1.82, 2.24) is 4.90 Å². The summed E-state index contributed by atoms with van der Waals surface area (Å²) in [6.45, 7) is 15.9. The maximum absolute atomic E-state index is 13.9. The zero-order valence-electron chi connectivity index (χ0n) is 32.0. The number of allylic oxidation sites excluding steroid dienone is 7. The van der Waals surface area contributed by atoms with Crippen LogP contribution < -0.4 is 9.64 Å². The highest BCUT2D eigenvalue weighted by Crippen LogP contribution is 2.75. The molecule has 0 spiro atoms. The molecule has 1 saturated heterocycles. The first-order valence-electron chi connectivity index (χ1n) is 19.0. The van der Waals surface area contributed by atoms with Gasteiger partial charge in [-0.2, -0.15) is 0 Å². The molecule has 0 radical (unpaired) electrons. The number of benzene rings is 1. The molecule has 1 heterocycles. The van der Waals surface area contributed by atoms with E-state index in [-0.39, 0.29) is 45.8 Å². The van der Waals surface area contributed by atoms with Gasteiger partial charge in [0.15, 0.2) is 12.4 Å². The van der Waals surface area contributed by atoms with Gasteiger partial charge in [-0.1, -0.05) is 57.4 Å². The predicted octanol–water partition coefficient (Wildman–Crippen LogP) is 8.20. The summed E-state index contributed by atoms with van der Waals surface area (Å²) in [6, 6.07) is 7.92. The molecular formula is C44H54N2O6. The zero-order chi connectivity index (χ0) is 37.3. The van der Waals surface area contributed by atoms with E-state index in [1.54, 1.807) is 18.1 Å². The molecule has 7 rings (SSSR count). The lowest BCUT2D eigenvalue weighted by Gasteiger charge is -2.70. The first-order valence-corrected chi connectivity index (χ1v) is 19.0. The highest BCUT2D eigenvalue weighted by atomic mass is 16.6. The van der Waals surface area contributed by atoms with Crippen molar-refractivity contribution in [3.8, 4) is 18.1 Å². The molecule has 3 saturated carbocycles. The minimum atomic E-state index is -0.561. The number of hydrogen-bond donors (Lipinski definition) is 0. The number of nitrogens with zero attached hydrogens (tertiary/aromatic N) is 2. The zero-order valence-corrected chi connectivity index (χ0v) is 32.0. The molecule has 5 aliphatic carbocycles. The number of ketones is 1. The first-order chi connectivity index (χ1) is 24.6. The monoisotopic (exact) mass is 706 g/mol. The Morgan fingerprint density at radius 1 is 0.962 bits per heavy atom. The van der Waals surface area contributed by atoms with Crippen molar-refractivity contribution in [2.45, 2.75) is 86.5 Å². The van der Waals surface area contributed by atoms with Crippen LogP contribution in [0.2, 0.25) is 0 Å². The number of rotatable bonds is 5. The second-order valence-electron chi connectivity index (χ2n) is 17.4. The highest BCUT2D eigenvalue weighted by Gasteiger charge is 2.67. The Morgan fingerprint density at radius 2 is 1.69 bits per heavy atom. The molecule has 0 bridgehead atoms. The molecule has 0 unspecified atom stereocenters. The third-order valence-corrected chi connectivity index (χ3v) is 14.8. The molecule has 8 heteroatoms. The highest BCUT2D eigenvalue weighted by molar-refractivity contribution is 6.08. The largest absolute Gasteiger partial charge is 0.497 e. The smallest absolute Gasteiger partial charge is 0.415 e. The average Bonchev–Trinajstić information content (AvgIpc) is 3.14. The molecule has 1 aromatic carbocycles. The minimum absolute atomic E-state index is 0.00986. The normalized spacial score (nSPS) is 35.4. The molecule has 8 nitrogen and oxygen atoms in total. The fourth-order valence-corrected chi connectivity index (χ4v) is 11.1. The summed E-state index contributed by atoms with van der Waals surface area (Å²) in [4.78, 5) is 44.6. The number of ether oxygens (including phenoxy) is 3. The first kappa shape index (κ1) is 36.1. The Kier molecular flexibility index (Phi) is 8.83. The Hall–Kier alpha value is -4.25.